The van der Waals surface area contributed by atoms with Gasteiger partial charge in [0.05, 0.1) is 0 Å². The van der Waals surface area contributed by atoms with Crippen molar-refractivity contribution in [2.45, 2.75) is 0 Å². The van der Waals surface area contributed by atoms with Crippen molar-refractivity contribution < 1.29 is 28.0 Å². The topological polar surface area (TPSA) is 94.8 Å². The van der Waals surface area contributed by atoms with Crippen LogP contribution in [0.4, 0.5) is 4.20 Å². The van der Waals surface area contributed by atoms with E-state index in [1.165, 1.54) is 0 Å². The molecule has 0 aliphatic rings. The van der Waals surface area contributed by atoms with E-state index in [0.29, 0.717) is 0 Å². The van der Waals surface area contributed by atoms with Gasteiger partial charge in [0.15, 0.2) is 0 Å². The highest BCUT2D eigenvalue weighted by atomic mass is 32.1. The molecule has 0 saturated heterocycles. The summed E-state index contributed by atoms with van der Waals surface area (Å²) in [6.45, 7) is 0. The predicted octanol–water partition coefficient (Wildman–Crippen LogP) is 0.234. The maximum atomic E-state index is 11.2. The minimum atomic E-state index is -5.68. The van der Waals surface area contributed by atoms with Gasteiger partial charge in [-0.2, -0.15) is 0 Å². The molecule has 0 aromatic carbocycles. The van der Waals surface area contributed by atoms with Crippen LogP contribution in [0.3, 0.4) is 0 Å². The van der Waals surface area contributed by atoms with E-state index in [9.17, 15) is 13.3 Å². The second-order valence-corrected chi connectivity index (χ2v) is 6.00. The second kappa shape index (κ2) is 1.90. The first-order valence-corrected chi connectivity index (χ1v) is 5.20. The Morgan fingerprint density at radius 2 is 1.25 bits per heavy atom. The van der Waals surface area contributed by atoms with Crippen LogP contribution in [0.2, 0.25) is 0 Å². The lowest BCUT2D eigenvalue weighted by molar-refractivity contribution is 0.363. The first-order valence-electron chi connectivity index (χ1n) is 1.33. The van der Waals surface area contributed by atoms with Crippen LogP contribution in [0, 0.1) is 0 Å². The summed E-state index contributed by atoms with van der Waals surface area (Å²) in [5.74, 6) is 0. The summed E-state index contributed by atoms with van der Waals surface area (Å²) in [4.78, 5) is 22.6. The standard InChI is InChI=1S/FH3O5P2/c1-7(2,3)8(4,5)6/h(H,2,3)(H2,4,5,6). The molecule has 0 heterocycles. The summed E-state index contributed by atoms with van der Waals surface area (Å²) in [7, 11) is -11.1. The Kier molecular flexibility index (Phi) is 1.96. The van der Waals surface area contributed by atoms with E-state index in [1.807, 2.05) is 0 Å². The fourth-order valence-corrected chi connectivity index (χ4v) is 0. The van der Waals surface area contributed by atoms with E-state index < -0.39 is 14.7 Å². The van der Waals surface area contributed by atoms with Crippen LogP contribution in [0.1, 0.15) is 0 Å². The average molecular weight is 164 g/mol. The number of hydrogen-bond donors (Lipinski definition) is 3. The molecule has 0 aromatic heterocycles. The lowest BCUT2D eigenvalue weighted by Crippen LogP contribution is -1.73. The van der Waals surface area contributed by atoms with Gasteiger partial charge in [0.1, 0.15) is 0 Å². The Labute approximate surface area is 43.8 Å². The summed E-state index contributed by atoms with van der Waals surface area (Å²) >= 11 is 0. The minimum Gasteiger partial charge on any atom is -0.316 e. The van der Waals surface area contributed by atoms with Crippen LogP contribution in [0.15, 0.2) is 0 Å². The van der Waals surface area contributed by atoms with Crippen LogP contribution in [-0.4, -0.2) is 14.7 Å². The smallest absolute Gasteiger partial charge is 0.316 e. The highest BCUT2D eigenvalue weighted by Gasteiger charge is 2.40. The van der Waals surface area contributed by atoms with Crippen molar-refractivity contribution in [1.29, 1.82) is 0 Å². The first-order chi connectivity index (χ1) is 3.25. The fourth-order valence-electron chi connectivity index (χ4n) is 0. The van der Waals surface area contributed by atoms with Crippen LogP contribution >= 0.6 is 14.7 Å². The SMILES string of the molecule is O=P(O)(O)P(=O)(O)F. The highest BCUT2D eigenvalue weighted by molar-refractivity contribution is 8.26. The van der Waals surface area contributed by atoms with Gasteiger partial charge in [-0.1, -0.05) is 0 Å². The Balaban J connectivity index is 4.53. The Bertz CT molecular complexity index is 139. The minimum absolute atomic E-state index is 5.41. The largest absolute Gasteiger partial charge is 0.473 e. The molecule has 0 fully saturated rings. The Morgan fingerprint density at radius 3 is 1.25 bits per heavy atom. The van der Waals surface area contributed by atoms with E-state index in [1.54, 1.807) is 0 Å². The summed E-state index contributed by atoms with van der Waals surface area (Å²) in [6.07, 6.45) is 0. The molecule has 3 N–H and O–H groups in total. The normalized spacial score (nSPS) is 20.0. The molecule has 8 heteroatoms. The zero-order valence-electron chi connectivity index (χ0n) is 3.43. The molecule has 8 heavy (non-hydrogen) atoms. The quantitative estimate of drug-likeness (QED) is 0.482. The van der Waals surface area contributed by atoms with E-state index in [-0.39, 0.29) is 0 Å². The average Bonchev–Trinajstić information content (AvgIpc) is 1.25. The van der Waals surface area contributed by atoms with E-state index in [4.69, 9.17) is 14.7 Å². The van der Waals surface area contributed by atoms with Gasteiger partial charge in [-0.3, -0.25) is 0 Å². The molecule has 0 amide bonds. The van der Waals surface area contributed by atoms with Gasteiger partial charge in [0.25, 0.3) is 0 Å². The lowest BCUT2D eigenvalue weighted by atomic mass is 15.8. The number of hydrogen-bond acceptors (Lipinski definition) is 2. The van der Waals surface area contributed by atoms with Crippen molar-refractivity contribution in [1.82, 2.24) is 0 Å². The molecule has 0 spiro atoms. The van der Waals surface area contributed by atoms with E-state index >= 15 is 0 Å². The summed E-state index contributed by atoms with van der Waals surface area (Å²) in [6, 6.07) is 0. The summed E-state index contributed by atoms with van der Waals surface area (Å²) < 4.78 is 30.1. The van der Waals surface area contributed by atoms with Crippen molar-refractivity contribution in [2.75, 3.05) is 0 Å². The molecule has 0 aliphatic heterocycles. The third kappa shape index (κ3) is 2.03. The van der Waals surface area contributed by atoms with Crippen molar-refractivity contribution in [3.63, 3.8) is 0 Å². The molecule has 1 atom stereocenters. The van der Waals surface area contributed by atoms with Gasteiger partial charge in [0, 0.05) is 0 Å². The molecule has 0 aromatic rings. The molecule has 0 aliphatic carbocycles. The Hall–Kier alpha value is 0.270. The van der Waals surface area contributed by atoms with Gasteiger partial charge in [-0.15, -0.1) is 4.20 Å². The highest BCUT2D eigenvalue weighted by Crippen LogP contribution is 2.75. The van der Waals surface area contributed by atoms with Gasteiger partial charge >= 0.3 is 14.7 Å². The Morgan fingerprint density at radius 1 is 1.12 bits per heavy atom. The van der Waals surface area contributed by atoms with E-state index in [2.05, 4.69) is 0 Å². The summed E-state index contributed by atoms with van der Waals surface area (Å²) in [5, 5.41) is 0. The second-order valence-electron chi connectivity index (χ2n) is 0.986. The molecule has 0 bridgehead atoms. The number of halogens is 1. The molecular formula is H3FO5P2. The maximum Gasteiger partial charge on any atom is 0.473 e. The van der Waals surface area contributed by atoms with Gasteiger partial charge in [0.2, 0.25) is 0 Å². The predicted molar refractivity (Wildman–Crippen MR) is 23.0 cm³/mol. The molecular weight excluding hydrogens is 161 g/mol. The maximum absolute atomic E-state index is 11.2. The molecule has 0 radical (unpaired) electrons. The molecule has 50 valence electrons. The molecule has 0 saturated carbocycles. The fraction of sp³-hybridized carbons (Fsp3) is 0. The summed E-state index contributed by atoms with van der Waals surface area (Å²) in [5.41, 5.74) is 0. The van der Waals surface area contributed by atoms with Gasteiger partial charge < -0.3 is 14.7 Å². The van der Waals surface area contributed by atoms with Gasteiger partial charge in [-0.05, 0) is 0 Å². The molecule has 0 rings (SSSR count). The van der Waals surface area contributed by atoms with Crippen molar-refractivity contribution >= 4 is 14.7 Å². The van der Waals surface area contributed by atoms with Crippen molar-refractivity contribution in [2.24, 2.45) is 0 Å². The van der Waals surface area contributed by atoms with Crippen molar-refractivity contribution in [3.05, 3.63) is 0 Å². The van der Waals surface area contributed by atoms with Crippen LogP contribution < -0.4 is 0 Å². The first kappa shape index (κ1) is 8.27. The van der Waals surface area contributed by atoms with Crippen molar-refractivity contribution in [3.8, 4) is 0 Å². The van der Waals surface area contributed by atoms with E-state index in [0.717, 1.165) is 0 Å². The zero-order chi connectivity index (χ0) is 7.00. The zero-order valence-corrected chi connectivity index (χ0v) is 5.22. The van der Waals surface area contributed by atoms with Crippen LogP contribution in [0.5, 0.6) is 0 Å². The molecule has 5 nitrogen and oxygen atoms in total. The third-order valence-electron chi connectivity index (χ3n) is 0.321. The van der Waals surface area contributed by atoms with Crippen LogP contribution in [-0.2, 0) is 9.13 Å². The van der Waals surface area contributed by atoms with Gasteiger partial charge in [-0.25, -0.2) is 9.13 Å². The number of rotatable bonds is 1. The third-order valence-corrected chi connectivity index (χ3v) is 2.89. The van der Waals surface area contributed by atoms with Crippen LogP contribution in [0.25, 0.3) is 0 Å². The molecule has 1 unspecified atom stereocenters. The lowest BCUT2D eigenvalue weighted by Gasteiger charge is -1.99. The monoisotopic (exact) mass is 164 g/mol.